The molecule has 1 atom stereocenters. The van der Waals surface area contributed by atoms with E-state index in [1.807, 2.05) is 24.3 Å². The Hall–Kier alpha value is -1.81. The SMILES string of the molecule is O=C(O)c1ncsc1N(c1csc2ccccc12)S(=O)O. The lowest BCUT2D eigenvalue weighted by Crippen LogP contribution is -2.20. The van der Waals surface area contributed by atoms with Crippen molar-refractivity contribution in [2.75, 3.05) is 4.31 Å². The van der Waals surface area contributed by atoms with Crippen LogP contribution in [0.3, 0.4) is 0 Å². The number of fused-ring (bicyclic) bond motifs is 1. The molecule has 0 fully saturated rings. The minimum atomic E-state index is -2.40. The number of thiophene rings is 1. The van der Waals surface area contributed by atoms with Crippen LogP contribution in [-0.2, 0) is 11.3 Å². The Kier molecular flexibility index (Phi) is 3.72. The first-order valence-electron chi connectivity index (χ1n) is 5.63. The van der Waals surface area contributed by atoms with Crippen molar-refractivity contribution in [2.24, 2.45) is 0 Å². The molecule has 0 saturated heterocycles. The van der Waals surface area contributed by atoms with Crippen LogP contribution in [-0.4, -0.2) is 24.8 Å². The minimum Gasteiger partial charge on any atom is -0.476 e. The Morgan fingerprint density at radius 2 is 2.05 bits per heavy atom. The maximum Gasteiger partial charge on any atom is 0.357 e. The van der Waals surface area contributed by atoms with Gasteiger partial charge in [-0.05, 0) is 6.07 Å². The second-order valence-electron chi connectivity index (χ2n) is 3.95. The van der Waals surface area contributed by atoms with Gasteiger partial charge >= 0.3 is 5.97 Å². The summed E-state index contributed by atoms with van der Waals surface area (Å²) in [5.41, 5.74) is 1.59. The zero-order valence-electron chi connectivity index (χ0n) is 10.3. The molecule has 1 aromatic carbocycles. The number of anilines is 2. The zero-order valence-corrected chi connectivity index (χ0v) is 12.7. The molecule has 9 heteroatoms. The lowest BCUT2D eigenvalue weighted by atomic mass is 10.2. The van der Waals surface area contributed by atoms with Gasteiger partial charge < -0.3 is 5.11 Å². The number of carbonyl (C=O) groups is 1. The van der Waals surface area contributed by atoms with E-state index in [0.29, 0.717) is 5.69 Å². The third-order valence-corrected chi connectivity index (χ3v) is 5.34. The van der Waals surface area contributed by atoms with E-state index in [0.717, 1.165) is 25.7 Å². The van der Waals surface area contributed by atoms with Crippen molar-refractivity contribution in [1.82, 2.24) is 4.98 Å². The molecule has 0 aliphatic heterocycles. The lowest BCUT2D eigenvalue weighted by molar-refractivity contribution is 0.0692. The van der Waals surface area contributed by atoms with Crippen molar-refractivity contribution in [3.05, 3.63) is 40.8 Å². The van der Waals surface area contributed by atoms with Crippen molar-refractivity contribution >= 4 is 60.7 Å². The Morgan fingerprint density at radius 3 is 2.76 bits per heavy atom. The Balaban J connectivity index is 2.21. The number of nitrogens with zero attached hydrogens (tertiary/aromatic N) is 2. The molecule has 0 aliphatic rings. The molecule has 108 valence electrons. The van der Waals surface area contributed by atoms with E-state index in [4.69, 9.17) is 5.11 Å². The van der Waals surface area contributed by atoms with Crippen molar-refractivity contribution in [3.8, 4) is 0 Å². The number of carboxylic acid groups (broad SMARTS) is 1. The van der Waals surface area contributed by atoms with Crippen molar-refractivity contribution < 1.29 is 18.7 Å². The van der Waals surface area contributed by atoms with Gasteiger partial charge in [0.05, 0.1) is 11.2 Å². The number of benzene rings is 1. The van der Waals surface area contributed by atoms with E-state index < -0.39 is 17.2 Å². The van der Waals surface area contributed by atoms with Crippen LogP contribution >= 0.6 is 22.7 Å². The highest BCUT2D eigenvalue weighted by Crippen LogP contribution is 2.40. The first-order valence-corrected chi connectivity index (χ1v) is 8.46. The van der Waals surface area contributed by atoms with Crippen LogP contribution in [0.1, 0.15) is 10.5 Å². The molecule has 2 heterocycles. The molecule has 0 saturated carbocycles. The summed E-state index contributed by atoms with van der Waals surface area (Å²) >= 11 is 0.0296. The fourth-order valence-electron chi connectivity index (χ4n) is 1.92. The van der Waals surface area contributed by atoms with Crippen LogP contribution in [0.5, 0.6) is 0 Å². The normalized spacial score (nSPS) is 12.4. The third-order valence-electron chi connectivity index (χ3n) is 2.77. The zero-order chi connectivity index (χ0) is 15.0. The van der Waals surface area contributed by atoms with Crippen molar-refractivity contribution in [3.63, 3.8) is 0 Å². The number of thiazole rings is 1. The van der Waals surface area contributed by atoms with Gasteiger partial charge in [0.2, 0.25) is 0 Å². The smallest absolute Gasteiger partial charge is 0.357 e. The summed E-state index contributed by atoms with van der Waals surface area (Å²) in [5, 5.41) is 11.8. The second-order valence-corrected chi connectivity index (χ2v) is 6.52. The third kappa shape index (κ3) is 2.44. The first kappa shape index (κ1) is 14.1. The van der Waals surface area contributed by atoms with Gasteiger partial charge in [-0.25, -0.2) is 18.3 Å². The molecule has 2 aromatic heterocycles. The monoisotopic (exact) mass is 340 g/mol. The largest absolute Gasteiger partial charge is 0.476 e. The number of aromatic nitrogens is 1. The van der Waals surface area contributed by atoms with Gasteiger partial charge in [0.1, 0.15) is 5.00 Å². The van der Waals surface area contributed by atoms with Gasteiger partial charge in [-0.3, -0.25) is 4.55 Å². The number of hydrogen-bond donors (Lipinski definition) is 2. The quantitative estimate of drug-likeness (QED) is 0.711. The Bertz CT molecular complexity index is 842. The number of rotatable bonds is 4. The van der Waals surface area contributed by atoms with Crippen molar-refractivity contribution in [2.45, 2.75) is 0 Å². The first-order chi connectivity index (χ1) is 10.1. The van der Waals surface area contributed by atoms with E-state index >= 15 is 0 Å². The predicted octanol–water partition coefficient (Wildman–Crippen LogP) is 3.33. The van der Waals surface area contributed by atoms with Gasteiger partial charge in [-0.2, -0.15) is 0 Å². The molecule has 0 radical (unpaired) electrons. The summed E-state index contributed by atoms with van der Waals surface area (Å²) in [4.78, 5) is 14.9. The van der Waals surface area contributed by atoms with Crippen molar-refractivity contribution in [1.29, 1.82) is 0 Å². The molecule has 3 rings (SSSR count). The topological polar surface area (TPSA) is 90.7 Å². The summed E-state index contributed by atoms with van der Waals surface area (Å²) < 4.78 is 23.4. The van der Waals surface area contributed by atoms with E-state index in [1.165, 1.54) is 16.8 Å². The maximum absolute atomic E-state index is 11.7. The molecule has 2 N–H and O–H groups in total. The standard InChI is InChI=1S/C12H8N2O4S3/c15-12(16)10-11(20-6-13-10)14(21(17)18)8-5-19-9-4-2-1-3-7(8)9/h1-6H,(H,15,16)(H,17,18). The van der Waals surface area contributed by atoms with Gasteiger partial charge in [0.25, 0.3) is 11.3 Å². The van der Waals surface area contributed by atoms with Gasteiger partial charge in [0, 0.05) is 15.5 Å². The summed E-state index contributed by atoms with van der Waals surface area (Å²) in [7, 11) is 0. The highest BCUT2D eigenvalue weighted by molar-refractivity contribution is 7.81. The van der Waals surface area contributed by atoms with Crippen LogP contribution < -0.4 is 4.31 Å². The van der Waals surface area contributed by atoms with Crippen LogP contribution in [0, 0.1) is 0 Å². The fraction of sp³-hybridized carbons (Fsp3) is 0. The number of carboxylic acids is 1. The number of aromatic carboxylic acids is 1. The Labute approximate surface area is 129 Å². The van der Waals surface area contributed by atoms with Crippen LogP contribution in [0.15, 0.2) is 35.2 Å². The number of hydrogen-bond acceptors (Lipinski definition) is 5. The van der Waals surface area contributed by atoms with E-state index in [1.54, 1.807) is 5.38 Å². The van der Waals surface area contributed by atoms with Crippen LogP contribution in [0.25, 0.3) is 10.1 Å². The van der Waals surface area contributed by atoms with Crippen LogP contribution in [0.2, 0.25) is 0 Å². The molecular weight excluding hydrogens is 332 g/mol. The summed E-state index contributed by atoms with van der Waals surface area (Å²) in [6.45, 7) is 0. The average molecular weight is 340 g/mol. The lowest BCUT2D eigenvalue weighted by Gasteiger charge is -2.17. The average Bonchev–Trinajstić information content (AvgIpc) is 3.07. The molecule has 0 bridgehead atoms. The van der Waals surface area contributed by atoms with Crippen LogP contribution in [0.4, 0.5) is 10.7 Å². The molecule has 1 unspecified atom stereocenters. The van der Waals surface area contributed by atoms with E-state index in [2.05, 4.69) is 4.98 Å². The highest BCUT2D eigenvalue weighted by atomic mass is 32.2. The summed E-state index contributed by atoms with van der Waals surface area (Å²) in [5.74, 6) is -1.23. The van der Waals surface area contributed by atoms with E-state index in [-0.39, 0.29) is 10.7 Å². The van der Waals surface area contributed by atoms with Gasteiger partial charge in [-0.15, -0.1) is 22.7 Å². The summed E-state index contributed by atoms with van der Waals surface area (Å²) in [6, 6.07) is 7.41. The maximum atomic E-state index is 11.7. The minimum absolute atomic E-state index is 0.131. The second kappa shape index (κ2) is 5.53. The van der Waals surface area contributed by atoms with E-state index in [9.17, 15) is 13.6 Å². The Morgan fingerprint density at radius 1 is 1.29 bits per heavy atom. The molecule has 0 aliphatic carbocycles. The predicted molar refractivity (Wildman–Crippen MR) is 83.8 cm³/mol. The summed E-state index contributed by atoms with van der Waals surface area (Å²) in [6.07, 6.45) is 0. The fourth-order valence-corrected chi connectivity index (χ4v) is 4.48. The molecule has 0 spiro atoms. The van der Waals surface area contributed by atoms with Gasteiger partial charge in [-0.1, -0.05) is 18.2 Å². The molecule has 6 nitrogen and oxygen atoms in total. The highest BCUT2D eigenvalue weighted by Gasteiger charge is 2.26. The molecule has 3 aromatic rings. The molecule has 21 heavy (non-hydrogen) atoms. The molecule has 0 amide bonds. The molecular formula is C12H8N2O4S3. The van der Waals surface area contributed by atoms with Gasteiger partial charge in [0.15, 0.2) is 5.69 Å².